The standard InChI is InChI=1S/C12H15NOS/c14-12-6-2-1-4-10(13-12)7-8-11-5-3-9-15-11/h3,5,7-10H,1-2,4,6H2,(H,13,14). The number of nitrogens with one attached hydrogen (secondary N) is 1. The molecule has 2 nitrogen and oxygen atoms in total. The first-order valence-electron chi connectivity index (χ1n) is 5.36. The highest BCUT2D eigenvalue weighted by Gasteiger charge is 2.13. The number of rotatable bonds is 2. The van der Waals surface area contributed by atoms with E-state index >= 15 is 0 Å². The minimum Gasteiger partial charge on any atom is -0.350 e. The lowest BCUT2D eigenvalue weighted by molar-refractivity contribution is -0.121. The highest BCUT2D eigenvalue weighted by Crippen LogP contribution is 2.14. The Morgan fingerprint density at radius 1 is 1.47 bits per heavy atom. The van der Waals surface area contributed by atoms with Crippen LogP contribution in [-0.4, -0.2) is 11.9 Å². The van der Waals surface area contributed by atoms with E-state index in [1.807, 2.05) is 6.07 Å². The van der Waals surface area contributed by atoms with E-state index in [1.165, 1.54) is 4.88 Å². The predicted octanol–water partition coefficient (Wildman–Crippen LogP) is 2.82. The maximum Gasteiger partial charge on any atom is 0.220 e. The SMILES string of the molecule is O=C1CCCCC(C=Cc2cccs2)N1. The molecule has 0 radical (unpaired) electrons. The van der Waals surface area contributed by atoms with Gasteiger partial charge in [-0.15, -0.1) is 11.3 Å². The van der Waals surface area contributed by atoms with Crippen LogP contribution in [0, 0.1) is 0 Å². The fraction of sp³-hybridized carbons (Fsp3) is 0.417. The van der Waals surface area contributed by atoms with Gasteiger partial charge in [0.15, 0.2) is 0 Å². The summed E-state index contributed by atoms with van der Waals surface area (Å²) in [6.45, 7) is 0. The minimum absolute atomic E-state index is 0.188. The smallest absolute Gasteiger partial charge is 0.220 e. The third-order valence-corrected chi connectivity index (χ3v) is 3.39. The first kappa shape index (κ1) is 10.4. The van der Waals surface area contributed by atoms with Gasteiger partial charge in [0.2, 0.25) is 5.91 Å². The summed E-state index contributed by atoms with van der Waals surface area (Å²) in [6.07, 6.45) is 8.11. The molecule has 0 spiro atoms. The monoisotopic (exact) mass is 221 g/mol. The average Bonchev–Trinajstić information content (AvgIpc) is 2.65. The van der Waals surface area contributed by atoms with Crippen molar-refractivity contribution in [3.63, 3.8) is 0 Å². The van der Waals surface area contributed by atoms with Crippen LogP contribution in [0.3, 0.4) is 0 Å². The Morgan fingerprint density at radius 2 is 2.40 bits per heavy atom. The summed E-state index contributed by atoms with van der Waals surface area (Å²) in [4.78, 5) is 12.6. The fourth-order valence-electron chi connectivity index (χ4n) is 1.74. The highest BCUT2D eigenvalue weighted by atomic mass is 32.1. The Labute approximate surface area is 94.0 Å². The van der Waals surface area contributed by atoms with Crippen molar-refractivity contribution in [2.45, 2.75) is 31.7 Å². The van der Waals surface area contributed by atoms with Crippen molar-refractivity contribution in [2.75, 3.05) is 0 Å². The zero-order valence-corrected chi connectivity index (χ0v) is 9.43. The molecule has 1 saturated heterocycles. The van der Waals surface area contributed by atoms with Gasteiger partial charge in [-0.1, -0.05) is 18.6 Å². The molecule has 80 valence electrons. The summed E-state index contributed by atoms with van der Waals surface area (Å²) in [5, 5.41) is 5.08. The molecule has 1 aromatic heterocycles. The molecular formula is C12H15NOS. The van der Waals surface area contributed by atoms with Crippen LogP contribution in [0.5, 0.6) is 0 Å². The molecule has 1 aliphatic rings. The van der Waals surface area contributed by atoms with Gasteiger partial charge in [-0.2, -0.15) is 0 Å². The molecule has 0 bridgehead atoms. The number of carbonyl (C=O) groups excluding carboxylic acids is 1. The number of thiophene rings is 1. The van der Waals surface area contributed by atoms with Crippen LogP contribution in [-0.2, 0) is 4.79 Å². The first-order chi connectivity index (χ1) is 7.34. The van der Waals surface area contributed by atoms with E-state index in [2.05, 4.69) is 28.9 Å². The zero-order valence-electron chi connectivity index (χ0n) is 8.61. The zero-order chi connectivity index (χ0) is 10.5. The van der Waals surface area contributed by atoms with E-state index in [1.54, 1.807) is 11.3 Å². The van der Waals surface area contributed by atoms with Crippen molar-refractivity contribution < 1.29 is 4.79 Å². The van der Waals surface area contributed by atoms with E-state index in [0.717, 1.165) is 19.3 Å². The fourth-order valence-corrected chi connectivity index (χ4v) is 2.37. The van der Waals surface area contributed by atoms with Crippen LogP contribution in [0.1, 0.15) is 30.6 Å². The number of carbonyl (C=O) groups is 1. The molecule has 0 aliphatic carbocycles. The van der Waals surface area contributed by atoms with Crippen LogP contribution in [0.2, 0.25) is 0 Å². The summed E-state index contributed by atoms with van der Waals surface area (Å²) in [6, 6.07) is 4.34. The predicted molar refractivity (Wildman–Crippen MR) is 63.8 cm³/mol. The summed E-state index contributed by atoms with van der Waals surface area (Å²) < 4.78 is 0. The van der Waals surface area contributed by atoms with Gasteiger partial charge in [0.05, 0.1) is 0 Å². The van der Waals surface area contributed by atoms with Crippen molar-refractivity contribution >= 4 is 23.3 Å². The summed E-state index contributed by atoms with van der Waals surface area (Å²) in [5.74, 6) is 0.188. The lowest BCUT2D eigenvalue weighted by atomic mass is 10.1. The maximum absolute atomic E-state index is 11.3. The second-order valence-corrected chi connectivity index (χ2v) is 4.77. The normalized spacial score (nSPS) is 22.7. The summed E-state index contributed by atoms with van der Waals surface area (Å²) >= 11 is 1.72. The van der Waals surface area contributed by atoms with Gasteiger partial charge in [0.1, 0.15) is 0 Å². The van der Waals surface area contributed by atoms with Crippen LogP contribution < -0.4 is 5.32 Å². The van der Waals surface area contributed by atoms with E-state index in [4.69, 9.17) is 0 Å². The van der Waals surface area contributed by atoms with Crippen molar-refractivity contribution in [3.8, 4) is 0 Å². The molecule has 0 saturated carbocycles. The largest absolute Gasteiger partial charge is 0.350 e. The highest BCUT2D eigenvalue weighted by molar-refractivity contribution is 7.10. The molecule has 1 aliphatic heterocycles. The Balaban J connectivity index is 1.95. The number of amides is 1. The molecule has 2 rings (SSSR count). The maximum atomic E-state index is 11.3. The Bertz CT molecular complexity index is 343. The van der Waals surface area contributed by atoms with Gasteiger partial charge in [-0.3, -0.25) is 4.79 Å². The lowest BCUT2D eigenvalue weighted by Gasteiger charge is -2.09. The molecule has 1 amide bonds. The van der Waals surface area contributed by atoms with Crippen LogP contribution >= 0.6 is 11.3 Å². The molecular weight excluding hydrogens is 206 g/mol. The first-order valence-corrected chi connectivity index (χ1v) is 6.23. The summed E-state index contributed by atoms with van der Waals surface area (Å²) in [7, 11) is 0. The van der Waals surface area contributed by atoms with Gasteiger partial charge in [0, 0.05) is 17.3 Å². The third-order valence-electron chi connectivity index (χ3n) is 2.55. The Kier molecular flexibility index (Phi) is 3.56. The molecule has 3 heteroatoms. The van der Waals surface area contributed by atoms with Crippen LogP contribution in [0.4, 0.5) is 0 Å². The van der Waals surface area contributed by atoms with Crippen molar-refractivity contribution in [3.05, 3.63) is 28.5 Å². The molecule has 1 aromatic rings. The second kappa shape index (κ2) is 5.12. The lowest BCUT2D eigenvalue weighted by Crippen LogP contribution is -2.30. The minimum atomic E-state index is 0.188. The number of hydrogen-bond acceptors (Lipinski definition) is 2. The second-order valence-electron chi connectivity index (χ2n) is 3.79. The average molecular weight is 221 g/mol. The van der Waals surface area contributed by atoms with Gasteiger partial charge in [-0.05, 0) is 30.4 Å². The quantitative estimate of drug-likeness (QED) is 0.817. The molecule has 1 fully saturated rings. The van der Waals surface area contributed by atoms with Gasteiger partial charge in [0.25, 0.3) is 0 Å². The van der Waals surface area contributed by atoms with Crippen molar-refractivity contribution in [1.29, 1.82) is 0 Å². The Morgan fingerprint density at radius 3 is 3.20 bits per heavy atom. The van der Waals surface area contributed by atoms with E-state index < -0.39 is 0 Å². The molecule has 2 heterocycles. The van der Waals surface area contributed by atoms with E-state index in [-0.39, 0.29) is 11.9 Å². The summed E-state index contributed by atoms with van der Waals surface area (Å²) in [5.41, 5.74) is 0. The number of hydrogen-bond donors (Lipinski definition) is 1. The molecule has 1 unspecified atom stereocenters. The van der Waals surface area contributed by atoms with Crippen molar-refractivity contribution in [2.24, 2.45) is 0 Å². The van der Waals surface area contributed by atoms with Gasteiger partial charge < -0.3 is 5.32 Å². The topological polar surface area (TPSA) is 29.1 Å². The van der Waals surface area contributed by atoms with E-state index in [9.17, 15) is 4.79 Å². The van der Waals surface area contributed by atoms with Crippen LogP contribution in [0.25, 0.3) is 6.08 Å². The third kappa shape index (κ3) is 3.20. The molecule has 1 N–H and O–H groups in total. The van der Waals surface area contributed by atoms with E-state index in [0.29, 0.717) is 6.42 Å². The molecule has 0 aromatic carbocycles. The molecule has 15 heavy (non-hydrogen) atoms. The van der Waals surface area contributed by atoms with Crippen molar-refractivity contribution in [1.82, 2.24) is 5.32 Å². The van der Waals surface area contributed by atoms with Gasteiger partial charge >= 0.3 is 0 Å². The van der Waals surface area contributed by atoms with Gasteiger partial charge in [-0.25, -0.2) is 0 Å². The molecule has 1 atom stereocenters. The Hall–Kier alpha value is -1.09. The van der Waals surface area contributed by atoms with Crippen LogP contribution in [0.15, 0.2) is 23.6 Å².